The molecule has 1 N–H and O–H groups in total. The Morgan fingerprint density at radius 1 is 1.21 bits per heavy atom. The van der Waals surface area contributed by atoms with Crippen molar-refractivity contribution in [2.75, 3.05) is 6.54 Å². The number of allylic oxidation sites excluding steroid dienone is 2. The molecule has 24 heavy (non-hydrogen) atoms. The lowest BCUT2D eigenvalue weighted by molar-refractivity contribution is -0.140. The molecule has 0 aromatic heterocycles. The normalized spacial score (nSPS) is 16.7. The molecule has 3 rings (SSSR count). The van der Waals surface area contributed by atoms with Gasteiger partial charge in [-0.15, -0.1) is 0 Å². The van der Waals surface area contributed by atoms with E-state index in [1.54, 1.807) is 12.2 Å². The number of carbonyl (C=O) groups is 2. The van der Waals surface area contributed by atoms with E-state index in [-0.39, 0.29) is 10.2 Å². The van der Waals surface area contributed by atoms with Gasteiger partial charge in [-0.25, -0.2) is 0 Å². The van der Waals surface area contributed by atoms with Crippen molar-refractivity contribution < 1.29 is 14.7 Å². The molecular formula is C18H13NO3S2. The van der Waals surface area contributed by atoms with Crippen molar-refractivity contribution in [2.24, 2.45) is 0 Å². The number of hydrogen-bond donors (Lipinski definition) is 1. The van der Waals surface area contributed by atoms with E-state index in [0.29, 0.717) is 4.91 Å². The predicted molar refractivity (Wildman–Crippen MR) is 101 cm³/mol. The first-order valence-corrected chi connectivity index (χ1v) is 8.40. The fourth-order valence-corrected chi connectivity index (χ4v) is 3.55. The Kier molecular flexibility index (Phi) is 4.78. The van der Waals surface area contributed by atoms with E-state index in [1.807, 2.05) is 36.4 Å². The zero-order valence-electron chi connectivity index (χ0n) is 12.5. The molecule has 120 valence electrons. The molecule has 1 saturated heterocycles. The van der Waals surface area contributed by atoms with E-state index >= 15 is 0 Å². The first-order valence-electron chi connectivity index (χ1n) is 7.17. The highest BCUT2D eigenvalue weighted by Crippen LogP contribution is 2.30. The van der Waals surface area contributed by atoms with Crippen LogP contribution in [0.3, 0.4) is 0 Å². The molecule has 6 heteroatoms. The second-order valence-electron chi connectivity index (χ2n) is 5.15. The van der Waals surface area contributed by atoms with E-state index in [2.05, 4.69) is 12.1 Å². The van der Waals surface area contributed by atoms with Gasteiger partial charge < -0.3 is 5.11 Å². The summed E-state index contributed by atoms with van der Waals surface area (Å²) in [5.41, 5.74) is 1.02. The molecule has 1 fully saturated rings. The molecule has 2 aromatic rings. The van der Waals surface area contributed by atoms with Gasteiger partial charge >= 0.3 is 5.97 Å². The van der Waals surface area contributed by atoms with E-state index in [1.165, 1.54) is 5.39 Å². The molecule has 4 nitrogen and oxygen atoms in total. The van der Waals surface area contributed by atoms with Crippen molar-refractivity contribution in [3.05, 3.63) is 65.1 Å². The smallest absolute Gasteiger partial charge is 0.323 e. The summed E-state index contributed by atoms with van der Waals surface area (Å²) in [6.07, 6.45) is 5.34. The zero-order valence-corrected chi connectivity index (χ0v) is 14.1. The Morgan fingerprint density at radius 2 is 1.96 bits per heavy atom. The fraction of sp³-hybridized carbons (Fsp3) is 0.0556. The highest BCUT2D eigenvalue weighted by atomic mass is 32.2. The van der Waals surface area contributed by atoms with Gasteiger partial charge in [0, 0.05) is 0 Å². The predicted octanol–water partition coefficient (Wildman–Crippen LogP) is 3.68. The lowest BCUT2D eigenvalue weighted by atomic mass is 10.1. The second-order valence-corrected chi connectivity index (χ2v) is 6.83. The minimum atomic E-state index is -1.08. The molecule has 0 saturated carbocycles. The van der Waals surface area contributed by atoms with Crippen molar-refractivity contribution in [3.63, 3.8) is 0 Å². The van der Waals surface area contributed by atoms with E-state index in [9.17, 15) is 9.59 Å². The van der Waals surface area contributed by atoms with Gasteiger partial charge in [-0.2, -0.15) is 0 Å². The molecule has 1 amide bonds. The summed E-state index contributed by atoms with van der Waals surface area (Å²) in [7, 11) is 0. The highest BCUT2D eigenvalue weighted by Gasteiger charge is 2.32. The van der Waals surface area contributed by atoms with E-state index < -0.39 is 12.5 Å². The van der Waals surface area contributed by atoms with E-state index in [4.69, 9.17) is 17.3 Å². The fourth-order valence-electron chi connectivity index (χ4n) is 2.34. The number of thioether (sulfide) groups is 1. The van der Waals surface area contributed by atoms with Crippen molar-refractivity contribution in [2.45, 2.75) is 0 Å². The van der Waals surface area contributed by atoms with Crippen molar-refractivity contribution >= 4 is 57.0 Å². The third-order valence-electron chi connectivity index (χ3n) is 3.48. The van der Waals surface area contributed by atoms with Crippen molar-refractivity contribution in [1.82, 2.24) is 4.90 Å². The molecule has 2 aromatic carbocycles. The molecule has 0 bridgehead atoms. The average Bonchev–Trinajstić information content (AvgIpc) is 2.82. The van der Waals surface area contributed by atoms with Crippen LogP contribution in [0.4, 0.5) is 0 Å². The number of hydrogen-bond acceptors (Lipinski definition) is 4. The van der Waals surface area contributed by atoms with Gasteiger partial charge in [0.2, 0.25) is 0 Å². The summed E-state index contributed by atoms with van der Waals surface area (Å²) in [5, 5.41) is 11.1. The number of rotatable bonds is 4. The van der Waals surface area contributed by atoms with Crippen molar-refractivity contribution in [1.29, 1.82) is 0 Å². The van der Waals surface area contributed by atoms with Gasteiger partial charge in [-0.05, 0) is 28.5 Å². The molecule has 1 aliphatic heterocycles. The summed E-state index contributed by atoms with van der Waals surface area (Å²) in [5.74, 6) is -1.45. The summed E-state index contributed by atoms with van der Waals surface area (Å²) >= 11 is 6.17. The number of amides is 1. The van der Waals surface area contributed by atoms with Gasteiger partial charge in [0.1, 0.15) is 10.9 Å². The van der Waals surface area contributed by atoms with Gasteiger partial charge in [0.05, 0.1) is 4.91 Å². The number of carbonyl (C=O) groups excluding carboxylic acids is 1. The van der Waals surface area contributed by atoms with Crippen LogP contribution >= 0.6 is 24.0 Å². The van der Waals surface area contributed by atoms with Crippen LogP contribution in [-0.4, -0.2) is 32.7 Å². The Balaban J connectivity index is 1.77. The minimum Gasteiger partial charge on any atom is -0.480 e. The number of fused-ring (bicyclic) bond motifs is 1. The third-order valence-corrected chi connectivity index (χ3v) is 4.87. The average molecular weight is 355 g/mol. The third kappa shape index (κ3) is 3.55. The van der Waals surface area contributed by atoms with E-state index in [0.717, 1.165) is 27.6 Å². The van der Waals surface area contributed by atoms with Gasteiger partial charge in [-0.1, -0.05) is 72.5 Å². The maximum Gasteiger partial charge on any atom is 0.323 e. The monoisotopic (exact) mass is 355 g/mol. The molecule has 0 spiro atoms. The second kappa shape index (κ2) is 6.98. The topological polar surface area (TPSA) is 57.6 Å². The summed E-state index contributed by atoms with van der Waals surface area (Å²) in [6, 6.07) is 14.2. The van der Waals surface area contributed by atoms with Crippen LogP contribution in [0.15, 0.2) is 59.5 Å². The first kappa shape index (κ1) is 16.4. The summed E-state index contributed by atoms with van der Waals surface area (Å²) < 4.78 is 0.271. The quantitative estimate of drug-likeness (QED) is 0.670. The molecule has 0 atom stereocenters. The molecule has 0 unspecified atom stereocenters. The number of carboxylic acids is 1. The molecule has 0 aliphatic carbocycles. The van der Waals surface area contributed by atoms with Crippen LogP contribution in [-0.2, 0) is 9.59 Å². The number of nitrogens with zero attached hydrogens (tertiary/aromatic N) is 1. The lowest BCUT2D eigenvalue weighted by Crippen LogP contribution is -2.33. The van der Waals surface area contributed by atoms with Gasteiger partial charge in [-0.3, -0.25) is 14.5 Å². The summed E-state index contributed by atoms with van der Waals surface area (Å²) in [6.45, 7) is -0.406. The van der Waals surface area contributed by atoms with Crippen LogP contribution in [0, 0.1) is 0 Å². The summed E-state index contributed by atoms with van der Waals surface area (Å²) in [4.78, 5) is 24.4. The highest BCUT2D eigenvalue weighted by molar-refractivity contribution is 8.26. The van der Waals surface area contributed by atoms with Gasteiger partial charge in [0.15, 0.2) is 0 Å². The Labute approximate surface area is 148 Å². The maximum absolute atomic E-state index is 12.1. The number of carboxylic acid groups (broad SMARTS) is 1. The number of benzene rings is 2. The maximum atomic E-state index is 12.1. The molecule has 1 heterocycles. The lowest BCUT2D eigenvalue weighted by Gasteiger charge is -2.09. The van der Waals surface area contributed by atoms with Crippen LogP contribution in [0.25, 0.3) is 16.8 Å². The number of thiocarbonyl (C=S) groups is 1. The first-order chi connectivity index (χ1) is 11.5. The standard InChI is InChI=1S/C18H13NO3S2/c20-16(21)11-19-17(22)15(24-18(19)23)7-3-4-12-8-9-13-5-1-2-6-14(13)10-12/h1-10H,11H2,(H,20,21). The Bertz CT molecular complexity index is 902. The molecule has 0 radical (unpaired) electrons. The largest absolute Gasteiger partial charge is 0.480 e. The molecule has 1 aliphatic rings. The van der Waals surface area contributed by atoms with Crippen LogP contribution in [0.2, 0.25) is 0 Å². The SMILES string of the molecule is O=C(O)CN1C(=O)C(=CC=Cc2ccc3ccccc3c2)SC1=S. The number of aliphatic carboxylic acids is 1. The molecular weight excluding hydrogens is 342 g/mol. The van der Waals surface area contributed by atoms with Crippen LogP contribution < -0.4 is 0 Å². The zero-order chi connectivity index (χ0) is 17.1. The minimum absolute atomic E-state index is 0.271. The Morgan fingerprint density at radius 3 is 2.71 bits per heavy atom. The van der Waals surface area contributed by atoms with Crippen molar-refractivity contribution in [3.8, 4) is 0 Å². The Hall–Kier alpha value is -2.44. The van der Waals surface area contributed by atoms with Crippen LogP contribution in [0.1, 0.15) is 5.56 Å². The van der Waals surface area contributed by atoms with Crippen LogP contribution in [0.5, 0.6) is 0 Å². The van der Waals surface area contributed by atoms with Gasteiger partial charge in [0.25, 0.3) is 5.91 Å².